The number of nitrogen functional groups attached to an aromatic ring is 1. The van der Waals surface area contributed by atoms with E-state index in [0.29, 0.717) is 26.5 Å². The average molecular weight is 400 g/mol. The monoisotopic (exact) mass is 400 g/mol. The van der Waals surface area contributed by atoms with Gasteiger partial charge in [-0.15, -0.1) is 10.2 Å². The van der Waals surface area contributed by atoms with E-state index < -0.39 is 0 Å². The number of carbonyl (C=O) groups is 1. The third-order valence-electron chi connectivity index (χ3n) is 4.03. The first kappa shape index (κ1) is 17.6. The molecule has 0 bridgehead atoms. The highest BCUT2D eigenvalue weighted by Gasteiger charge is 2.20. The van der Waals surface area contributed by atoms with Crippen LogP contribution >= 0.6 is 23.1 Å². The minimum Gasteiger partial charge on any atom is -0.495 e. The molecule has 7 nitrogen and oxygen atoms in total. The topological polar surface area (TPSA) is 103 Å². The minimum absolute atomic E-state index is 0.178. The summed E-state index contributed by atoms with van der Waals surface area (Å²) < 4.78 is 12.0. The van der Waals surface area contributed by atoms with Gasteiger partial charge in [-0.3, -0.25) is 4.79 Å². The van der Waals surface area contributed by atoms with Crippen LogP contribution in [0.3, 0.4) is 0 Å². The van der Waals surface area contributed by atoms with Crippen molar-refractivity contribution in [1.29, 1.82) is 0 Å². The molecule has 27 heavy (non-hydrogen) atoms. The van der Waals surface area contributed by atoms with Crippen LogP contribution in [0.2, 0.25) is 0 Å². The van der Waals surface area contributed by atoms with Gasteiger partial charge >= 0.3 is 0 Å². The number of hydrogen-bond donors (Lipinski definition) is 2. The van der Waals surface area contributed by atoms with Crippen molar-refractivity contribution in [2.24, 2.45) is 0 Å². The largest absolute Gasteiger partial charge is 0.495 e. The fourth-order valence-electron chi connectivity index (χ4n) is 2.73. The Morgan fingerprint density at radius 3 is 2.81 bits per heavy atom. The van der Waals surface area contributed by atoms with Crippen molar-refractivity contribution >= 4 is 61.8 Å². The lowest BCUT2D eigenvalue weighted by Crippen LogP contribution is -2.22. The average Bonchev–Trinajstić information content (AvgIpc) is 3.23. The zero-order valence-electron chi connectivity index (χ0n) is 14.6. The van der Waals surface area contributed by atoms with Crippen LogP contribution in [0.5, 0.6) is 5.75 Å². The molecule has 2 aromatic heterocycles. The van der Waals surface area contributed by atoms with Crippen LogP contribution in [0.25, 0.3) is 21.9 Å². The number of thioether (sulfide) groups is 1. The van der Waals surface area contributed by atoms with Crippen molar-refractivity contribution < 1.29 is 13.9 Å². The number of methoxy groups -OCH3 is 1. The Balaban J connectivity index is 1.62. The Morgan fingerprint density at radius 1 is 1.26 bits per heavy atom. The molecular formula is C18H16N4O3S2. The number of nitrogens with zero attached hydrogens (tertiary/aromatic N) is 2. The third kappa shape index (κ3) is 3.43. The number of carbonyl (C=O) groups excluding carboxylic acids is 1. The van der Waals surface area contributed by atoms with E-state index in [1.54, 1.807) is 20.1 Å². The number of benzene rings is 2. The summed E-state index contributed by atoms with van der Waals surface area (Å²) in [5.74, 6) is 0.391. The fraction of sp³-hybridized carbons (Fsp3) is 0.167. The number of furan rings is 1. The van der Waals surface area contributed by atoms with Crippen molar-refractivity contribution in [3.8, 4) is 5.75 Å². The van der Waals surface area contributed by atoms with E-state index in [0.717, 1.165) is 16.4 Å². The van der Waals surface area contributed by atoms with Crippen LogP contribution in [-0.4, -0.2) is 28.5 Å². The first-order chi connectivity index (χ1) is 13.0. The van der Waals surface area contributed by atoms with Gasteiger partial charge in [0.2, 0.25) is 11.0 Å². The molecule has 0 saturated heterocycles. The van der Waals surface area contributed by atoms with Crippen LogP contribution in [0.1, 0.15) is 6.92 Å². The SMILES string of the molecule is COc1cc2c(cc1NC(=O)[C@@H](C)Sc1nnc(N)s1)oc1ccccc12. The molecule has 3 N–H and O–H groups in total. The Hall–Kier alpha value is -2.78. The molecule has 0 aliphatic carbocycles. The lowest BCUT2D eigenvalue weighted by molar-refractivity contribution is -0.115. The molecule has 9 heteroatoms. The second-order valence-electron chi connectivity index (χ2n) is 5.80. The van der Waals surface area contributed by atoms with Gasteiger partial charge in [0.15, 0.2) is 4.34 Å². The zero-order chi connectivity index (χ0) is 19.0. The fourth-order valence-corrected chi connectivity index (χ4v) is 4.51. The van der Waals surface area contributed by atoms with Gasteiger partial charge in [-0.1, -0.05) is 41.3 Å². The van der Waals surface area contributed by atoms with Crippen molar-refractivity contribution in [2.75, 3.05) is 18.2 Å². The molecule has 0 radical (unpaired) electrons. The Morgan fingerprint density at radius 2 is 2.07 bits per heavy atom. The summed E-state index contributed by atoms with van der Waals surface area (Å²) >= 11 is 2.55. The number of aromatic nitrogens is 2. The molecule has 0 saturated carbocycles. The molecule has 2 heterocycles. The lowest BCUT2D eigenvalue weighted by atomic mass is 10.1. The van der Waals surface area contributed by atoms with E-state index in [2.05, 4.69) is 15.5 Å². The van der Waals surface area contributed by atoms with E-state index >= 15 is 0 Å². The smallest absolute Gasteiger partial charge is 0.237 e. The molecule has 0 spiro atoms. The van der Waals surface area contributed by atoms with Crippen molar-refractivity contribution in [3.63, 3.8) is 0 Å². The number of ether oxygens (including phenoxy) is 1. The van der Waals surface area contributed by atoms with Gasteiger partial charge in [0.1, 0.15) is 16.9 Å². The summed E-state index contributed by atoms with van der Waals surface area (Å²) in [5, 5.41) is 12.5. The van der Waals surface area contributed by atoms with Gasteiger partial charge < -0.3 is 20.2 Å². The molecular weight excluding hydrogens is 384 g/mol. The predicted octanol–water partition coefficient (Wildman–Crippen LogP) is 4.15. The number of hydrogen-bond acceptors (Lipinski definition) is 8. The van der Waals surface area contributed by atoms with Gasteiger partial charge in [0.25, 0.3) is 0 Å². The van der Waals surface area contributed by atoms with E-state index in [1.165, 1.54) is 23.1 Å². The standard InChI is InChI=1S/C18H16N4O3S2/c1-9(26-18-22-21-17(19)27-18)16(23)20-12-8-14-11(7-15(12)24-2)10-5-3-4-6-13(10)25-14/h3-9H,1-2H3,(H2,19,21)(H,20,23)/t9-/m1/s1. The van der Waals surface area contributed by atoms with Crippen molar-refractivity contribution in [2.45, 2.75) is 16.5 Å². The molecule has 0 fully saturated rings. The van der Waals surface area contributed by atoms with Crippen molar-refractivity contribution in [3.05, 3.63) is 36.4 Å². The molecule has 4 aromatic rings. The molecule has 1 amide bonds. The highest BCUT2D eigenvalue weighted by Crippen LogP contribution is 2.37. The molecule has 138 valence electrons. The predicted molar refractivity (Wildman–Crippen MR) is 109 cm³/mol. The van der Waals surface area contributed by atoms with Gasteiger partial charge in [0.05, 0.1) is 18.0 Å². The summed E-state index contributed by atoms with van der Waals surface area (Å²) in [6.45, 7) is 1.80. The van der Waals surface area contributed by atoms with Crippen LogP contribution in [0.4, 0.5) is 10.8 Å². The maximum atomic E-state index is 12.6. The Kier molecular flexibility index (Phi) is 4.63. The minimum atomic E-state index is -0.381. The second-order valence-corrected chi connectivity index (χ2v) is 8.40. The highest BCUT2D eigenvalue weighted by molar-refractivity contribution is 8.02. The van der Waals surface area contributed by atoms with E-state index in [9.17, 15) is 4.79 Å². The summed E-state index contributed by atoms with van der Waals surface area (Å²) in [5.41, 5.74) is 7.61. The quantitative estimate of drug-likeness (QED) is 0.485. The Labute approximate surface area is 162 Å². The number of para-hydroxylation sites is 1. The third-order valence-corrected chi connectivity index (χ3v) is 5.96. The number of nitrogens with two attached hydrogens (primary N) is 1. The molecule has 0 aliphatic heterocycles. The second kappa shape index (κ2) is 7.09. The highest BCUT2D eigenvalue weighted by atomic mass is 32.2. The number of rotatable bonds is 5. The van der Waals surface area contributed by atoms with E-state index in [-0.39, 0.29) is 11.2 Å². The van der Waals surface area contributed by atoms with Gasteiger partial charge in [0, 0.05) is 16.8 Å². The molecule has 2 aromatic carbocycles. The normalized spacial score (nSPS) is 12.4. The summed E-state index contributed by atoms with van der Waals surface area (Å²) in [7, 11) is 1.57. The maximum Gasteiger partial charge on any atom is 0.237 e. The molecule has 0 unspecified atom stereocenters. The van der Waals surface area contributed by atoms with Crippen LogP contribution in [0.15, 0.2) is 45.2 Å². The van der Waals surface area contributed by atoms with E-state index in [4.69, 9.17) is 14.9 Å². The van der Waals surface area contributed by atoms with Crippen LogP contribution < -0.4 is 15.8 Å². The summed E-state index contributed by atoms with van der Waals surface area (Å²) in [6.07, 6.45) is 0. The number of nitrogens with one attached hydrogen (secondary N) is 1. The molecule has 1 atom stereocenters. The lowest BCUT2D eigenvalue weighted by Gasteiger charge is -2.13. The summed E-state index contributed by atoms with van der Waals surface area (Å²) in [6, 6.07) is 11.4. The van der Waals surface area contributed by atoms with Gasteiger partial charge in [-0.25, -0.2) is 0 Å². The first-order valence-corrected chi connectivity index (χ1v) is 9.80. The summed E-state index contributed by atoms with van der Waals surface area (Å²) in [4.78, 5) is 12.6. The van der Waals surface area contributed by atoms with E-state index in [1.807, 2.05) is 30.3 Å². The Bertz CT molecular complexity index is 1140. The van der Waals surface area contributed by atoms with Crippen molar-refractivity contribution in [1.82, 2.24) is 10.2 Å². The van der Waals surface area contributed by atoms with Crippen LogP contribution in [-0.2, 0) is 4.79 Å². The first-order valence-electron chi connectivity index (χ1n) is 8.11. The van der Waals surface area contributed by atoms with Crippen LogP contribution in [0, 0.1) is 0 Å². The van der Waals surface area contributed by atoms with Gasteiger partial charge in [-0.2, -0.15) is 0 Å². The molecule has 4 rings (SSSR count). The molecule has 0 aliphatic rings. The van der Waals surface area contributed by atoms with Gasteiger partial charge in [-0.05, 0) is 19.1 Å². The maximum absolute atomic E-state index is 12.6. The zero-order valence-corrected chi connectivity index (χ0v) is 16.2. The number of amides is 1. The number of fused-ring (bicyclic) bond motifs is 3. The number of anilines is 2.